The smallest absolute Gasteiger partial charge is 0.269 e. The molecule has 6 nitrogen and oxygen atoms in total. The summed E-state index contributed by atoms with van der Waals surface area (Å²) in [6, 6.07) is 9.41. The summed E-state index contributed by atoms with van der Waals surface area (Å²) in [7, 11) is 0. The molecular formula is C24H23N3O3S2. The molecular weight excluding hydrogens is 442 g/mol. The van der Waals surface area contributed by atoms with Crippen molar-refractivity contribution in [1.29, 1.82) is 0 Å². The molecule has 0 N–H and O–H groups in total. The van der Waals surface area contributed by atoms with Gasteiger partial charge in [0.05, 0.1) is 4.91 Å². The number of aromatic nitrogens is 2. The second kappa shape index (κ2) is 8.88. The number of hydrogen-bond donors (Lipinski definition) is 0. The fraction of sp³-hybridized carbons (Fsp3) is 0.250. The number of benzene rings is 1. The normalized spacial score (nSPS) is 15.2. The molecule has 0 radical (unpaired) electrons. The third-order valence-corrected chi connectivity index (χ3v) is 6.78. The van der Waals surface area contributed by atoms with Gasteiger partial charge in [0.2, 0.25) is 5.88 Å². The summed E-state index contributed by atoms with van der Waals surface area (Å²) in [5.41, 5.74) is 3.29. The van der Waals surface area contributed by atoms with Crippen molar-refractivity contribution in [1.82, 2.24) is 14.3 Å². The first-order valence-corrected chi connectivity index (χ1v) is 11.6. The van der Waals surface area contributed by atoms with E-state index in [1.807, 2.05) is 52.0 Å². The number of hydrogen-bond acceptors (Lipinski definition) is 6. The molecule has 3 heterocycles. The van der Waals surface area contributed by atoms with E-state index in [4.69, 9.17) is 17.0 Å². The molecule has 0 bridgehead atoms. The minimum absolute atomic E-state index is 0.166. The Balaban J connectivity index is 1.91. The number of carbonyl (C=O) groups is 1. The van der Waals surface area contributed by atoms with Gasteiger partial charge in [0.1, 0.15) is 21.3 Å². The molecule has 1 fully saturated rings. The van der Waals surface area contributed by atoms with Gasteiger partial charge in [0.25, 0.3) is 11.5 Å². The van der Waals surface area contributed by atoms with E-state index >= 15 is 0 Å². The van der Waals surface area contributed by atoms with Crippen LogP contribution in [0.25, 0.3) is 11.7 Å². The van der Waals surface area contributed by atoms with E-state index in [0.29, 0.717) is 27.2 Å². The Hall–Kier alpha value is -2.97. The molecule has 0 atom stereocenters. The Kier molecular flexibility index (Phi) is 6.17. The van der Waals surface area contributed by atoms with Crippen LogP contribution in [0, 0.1) is 20.8 Å². The quantitative estimate of drug-likeness (QED) is 0.389. The highest BCUT2D eigenvalue weighted by Crippen LogP contribution is 2.34. The zero-order valence-corrected chi connectivity index (χ0v) is 20.0. The number of ether oxygens (including phenoxy) is 1. The summed E-state index contributed by atoms with van der Waals surface area (Å²) in [5.74, 6) is 0.579. The van der Waals surface area contributed by atoms with Gasteiger partial charge in [-0.15, -0.1) is 0 Å². The van der Waals surface area contributed by atoms with Crippen molar-refractivity contribution in [3.05, 3.63) is 74.0 Å². The summed E-state index contributed by atoms with van der Waals surface area (Å²) in [6.07, 6.45) is 4.01. The van der Waals surface area contributed by atoms with Crippen LogP contribution in [-0.2, 0) is 4.79 Å². The summed E-state index contributed by atoms with van der Waals surface area (Å²) >= 11 is 6.56. The summed E-state index contributed by atoms with van der Waals surface area (Å²) < 4.78 is 8.14. The van der Waals surface area contributed by atoms with Crippen molar-refractivity contribution in [3.63, 3.8) is 0 Å². The average molecular weight is 466 g/mol. The number of rotatable bonds is 5. The number of thioether (sulfide) groups is 1. The lowest BCUT2D eigenvalue weighted by molar-refractivity contribution is -0.122. The lowest BCUT2D eigenvalue weighted by atomic mass is 10.1. The second-order valence-corrected chi connectivity index (χ2v) is 9.33. The molecule has 0 aliphatic carbocycles. The molecule has 164 valence electrons. The molecule has 0 saturated carbocycles. The summed E-state index contributed by atoms with van der Waals surface area (Å²) in [5, 5.41) is 0. The number of carbonyl (C=O) groups excluding carboxylic acids is 1. The fourth-order valence-electron chi connectivity index (χ4n) is 3.48. The highest BCUT2D eigenvalue weighted by molar-refractivity contribution is 8.26. The van der Waals surface area contributed by atoms with Crippen molar-refractivity contribution >= 4 is 45.9 Å². The Morgan fingerprint density at radius 2 is 1.88 bits per heavy atom. The van der Waals surface area contributed by atoms with Gasteiger partial charge >= 0.3 is 0 Å². The standard InChI is InChI=1S/C24H23N3O3S2/c1-5-11-27-23(29)19(32-24(27)31)13-17-21(30-18-10-6-8-14(2)16(18)4)25-20-15(3)9-7-12-26(20)22(17)28/h6-10,12-13H,5,11H2,1-4H3/b19-13+. The Morgan fingerprint density at radius 1 is 1.12 bits per heavy atom. The van der Waals surface area contributed by atoms with Crippen LogP contribution in [0.4, 0.5) is 0 Å². The molecule has 3 aromatic rings. The minimum Gasteiger partial charge on any atom is -0.438 e. The molecule has 4 rings (SSSR count). The highest BCUT2D eigenvalue weighted by atomic mass is 32.2. The van der Waals surface area contributed by atoms with Crippen molar-refractivity contribution in [2.24, 2.45) is 0 Å². The zero-order valence-electron chi connectivity index (χ0n) is 18.3. The van der Waals surface area contributed by atoms with Crippen LogP contribution in [0.3, 0.4) is 0 Å². The Bertz CT molecular complexity index is 1340. The van der Waals surface area contributed by atoms with E-state index in [1.165, 1.54) is 16.2 Å². The molecule has 32 heavy (non-hydrogen) atoms. The van der Waals surface area contributed by atoms with Crippen LogP contribution in [0.1, 0.15) is 35.6 Å². The van der Waals surface area contributed by atoms with Crippen LogP contribution < -0.4 is 10.3 Å². The van der Waals surface area contributed by atoms with Crippen molar-refractivity contribution in [3.8, 4) is 11.6 Å². The maximum absolute atomic E-state index is 13.5. The van der Waals surface area contributed by atoms with Gasteiger partial charge in [-0.1, -0.05) is 49.1 Å². The Morgan fingerprint density at radius 3 is 2.62 bits per heavy atom. The monoisotopic (exact) mass is 465 g/mol. The lowest BCUT2D eigenvalue weighted by Gasteiger charge is -2.14. The molecule has 1 saturated heterocycles. The van der Waals surface area contributed by atoms with Crippen molar-refractivity contribution in [2.75, 3.05) is 6.54 Å². The van der Waals surface area contributed by atoms with E-state index in [2.05, 4.69) is 4.98 Å². The molecule has 0 unspecified atom stereocenters. The first-order chi connectivity index (χ1) is 15.3. The van der Waals surface area contributed by atoms with E-state index < -0.39 is 0 Å². The first-order valence-electron chi connectivity index (χ1n) is 10.3. The number of thiocarbonyl (C=S) groups is 1. The zero-order chi connectivity index (χ0) is 23.0. The predicted octanol–water partition coefficient (Wildman–Crippen LogP) is 5.02. The predicted molar refractivity (Wildman–Crippen MR) is 132 cm³/mol. The van der Waals surface area contributed by atoms with Gasteiger partial charge < -0.3 is 4.74 Å². The Labute approximate surface area is 195 Å². The molecule has 1 aliphatic heterocycles. The summed E-state index contributed by atoms with van der Waals surface area (Å²) in [6.45, 7) is 8.37. The molecule has 8 heteroatoms. The molecule has 2 aromatic heterocycles. The molecule has 1 amide bonds. The number of amides is 1. The molecule has 1 aromatic carbocycles. The van der Waals surface area contributed by atoms with Gasteiger partial charge in [-0.3, -0.25) is 18.9 Å². The van der Waals surface area contributed by atoms with Gasteiger partial charge in [-0.05, 0) is 62.1 Å². The maximum atomic E-state index is 13.5. The van der Waals surface area contributed by atoms with E-state index in [-0.39, 0.29) is 22.9 Å². The van der Waals surface area contributed by atoms with Crippen LogP contribution in [0.5, 0.6) is 11.6 Å². The van der Waals surface area contributed by atoms with Gasteiger partial charge in [0.15, 0.2) is 0 Å². The third kappa shape index (κ3) is 3.96. The lowest BCUT2D eigenvalue weighted by Crippen LogP contribution is -2.28. The van der Waals surface area contributed by atoms with E-state index in [0.717, 1.165) is 23.1 Å². The van der Waals surface area contributed by atoms with Gasteiger partial charge in [-0.25, -0.2) is 0 Å². The summed E-state index contributed by atoms with van der Waals surface area (Å²) in [4.78, 5) is 33.0. The number of fused-ring (bicyclic) bond motifs is 1. The minimum atomic E-state index is -0.306. The number of pyridine rings is 1. The van der Waals surface area contributed by atoms with Crippen LogP contribution >= 0.6 is 24.0 Å². The SMILES string of the molecule is CCCN1C(=O)/C(=C\c2c(Oc3cccc(C)c3C)nc3c(C)cccn3c2=O)SC1=S. The van der Waals surface area contributed by atoms with Crippen molar-refractivity contribution in [2.45, 2.75) is 34.1 Å². The first kappa shape index (κ1) is 22.2. The van der Waals surface area contributed by atoms with Crippen molar-refractivity contribution < 1.29 is 9.53 Å². The topological polar surface area (TPSA) is 63.9 Å². The van der Waals surface area contributed by atoms with Crippen LogP contribution in [0.15, 0.2) is 46.2 Å². The maximum Gasteiger partial charge on any atom is 0.269 e. The van der Waals surface area contributed by atoms with Crippen LogP contribution in [-0.4, -0.2) is 31.1 Å². The third-order valence-electron chi connectivity index (χ3n) is 5.41. The number of nitrogens with zero attached hydrogens (tertiary/aromatic N) is 3. The van der Waals surface area contributed by atoms with Crippen LogP contribution in [0.2, 0.25) is 0 Å². The molecule has 0 spiro atoms. The van der Waals surface area contributed by atoms with Gasteiger partial charge in [-0.2, -0.15) is 4.98 Å². The van der Waals surface area contributed by atoms with E-state index in [9.17, 15) is 9.59 Å². The highest BCUT2D eigenvalue weighted by Gasteiger charge is 2.32. The second-order valence-electron chi connectivity index (χ2n) is 7.65. The average Bonchev–Trinajstić information content (AvgIpc) is 3.02. The van der Waals surface area contributed by atoms with E-state index in [1.54, 1.807) is 23.2 Å². The number of aryl methyl sites for hydroxylation is 2. The fourth-order valence-corrected chi connectivity index (χ4v) is 4.77. The largest absolute Gasteiger partial charge is 0.438 e. The van der Waals surface area contributed by atoms with Gasteiger partial charge in [0, 0.05) is 12.7 Å². The molecule has 1 aliphatic rings.